The van der Waals surface area contributed by atoms with Crippen LogP contribution in [0.3, 0.4) is 0 Å². The van der Waals surface area contributed by atoms with Crippen LogP contribution in [0.2, 0.25) is 5.02 Å². The summed E-state index contributed by atoms with van der Waals surface area (Å²) >= 11 is 6.10. The van der Waals surface area contributed by atoms with Gasteiger partial charge >= 0.3 is 0 Å². The van der Waals surface area contributed by atoms with Crippen LogP contribution in [-0.4, -0.2) is 90.1 Å². The lowest BCUT2D eigenvalue weighted by molar-refractivity contribution is 0.0416. The van der Waals surface area contributed by atoms with Crippen molar-refractivity contribution in [1.29, 1.82) is 0 Å². The van der Waals surface area contributed by atoms with Crippen LogP contribution in [0.1, 0.15) is 20.7 Å². The van der Waals surface area contributed by atoms with E-state index < -0.39 is 6.10 Å². The van der Waals surface area contributed by atoms with Crippen molar-refractivity contribution in [2.24, 2.45) is 0 Å². The third-order valence-corrected chi connectivity index (χ3v) is 7.01. The molecule has 35 heavy (non-hydrogen) atoms. The smallest absolute Gasteiger partial charge is 0.261 e. The molecule has 5 rings (SSSR count). The van der Waals surface area contributed by atoms with Gasteiger partial charge in [0.15, 0.2) is 0 Å². The minimum Gasteiger partial charge on any atom is -0.489 e. The van der Waals surface area contributed by atoms with Crippen molar-refractivity contribution in [3.8, 4) is 5.75 Å². The molecule has 0 bridgehead atoms. The average Bonchev–Trinajstić information content (AvgIpc) is 2.87. The van der Waals surface area contributed by atoms with Crippen LogP contribution in [-0.2, 0) is 0 Å². The van der Waals surface area contributed by atoms with E-state index in [1.165, 1.54) is 4.90 Å². The lowest BCUT2D eigenvalue weighted by Crippen LogP contribution is -2.51. The molecule has 1 fully saturated rings. The van der Waals surface area contributed by atoms with Crippen LogP contribution < -0.4 is 4.74 Å². The zero-order valence-corrected chi connectivity index (χ0v) is 20.2. The zero-order chi connectivity index (χ0) is 24.4. The number of benzene rings is 3. The highest BCUT2D eigenvalue weighted by molar-refractivity contribution is 6.32. The van der Waals surface area contributed by atoms with Crippen LogP contribution in [0.15, 0.2) is 60.7 Å². The molecular formula is C27H28ClN3O4. The molecule has 2 amide bonds. The normalized spacial score (nSPS) is 17.7. The lowest BCUT2D eigenvalue weighted by atomic mass is 9.94. The van der Waals surface area contributed by atoms with Crippen LogP contribution in [0.4, 0.5) is 0 Å². The summed E-state index contributed by atoms with van der Waals surface area (Å²) in [6.07, 6.45) is -0.621. The molecule has 2 heterocycles. The van der Waals surface area contributed by atoms with Gasteiger partial charge in [0.25, 0.3) is 11.8 Å². The molecule has 3 aromatic carbocycles. The number of aliphatic hydroxyl groups excluding tert-OH is 1. The van der Waals surface area contributed by atoms with Crippen LogP contribution in [0.25, 0.3) is 10.8 Å². The molecule has 3 aromatic rings. The number of imide groups is 1. The summed E-state index contributed by atoms with van der Waals surface area (Å²) in [5.74, 6) is 0.123. The van der Waals surface area contributed by atoms with Gasteiger partial charge in [-0.15, -0.1) is 0 Å². The number of carbonyl (C=O) groups excluding carboxylic acids is 2. The molecule has 0 spiro atoms. The molecule has 2 aliphatic heterocycles. The van der Waals surface area contributed by atoms with Gasteiger partial charge in [-0.1, -0.05) is 48.0 Å². The molecule has 8 heteroatoms. The molecule has 1 unspecified atom stereocenters. The van der Waals surface area contributed by atoms with Crippen molar-refractivity contribution in [1.82, 2.24) is 14.7 Å². The summed E-state index contributed by atoms with van der Waals surface area (Å²) in [6, 6.07) is 18.4. The molecule has 0 radical (unpaired) electrons. The van der Waals surface area contributed by atoms with Gasteiger partial charge in [0, 0.05) is 62.3 Å². The highest BCUT2D eigenvalue weighted by Crippen LogP contribution is 2.30. The van der Waals surface area contributed by atoms with Gasteiger partial charge in [-0.05, 0) is 29.7 Å². The quantitative estimate of drug-likeness (QED) is 0.486. The third-order valence-electron chi connectivity index (χ3n) is 6.70. The van der Waals surface area contributed by atoms with Crippen molar-refractivity contribution in [3.05, 3.63) is 76.8 Å². The number of hydrogen-bond donors (Lipinski definition) is 1. The Morgan fingerprint density at radius 1 is 0.829 bits per heavy atom. The van der Waals surface area contributed by atoms with Crippen molar-refractivity contribution < 1.29 is 19.4 Å². The second-order valence-corrected chi connectivity index (χ2v) is 9.42. The van der Waals surface area contributed by atoms with Gasteiger partial charge in [-0.3, -0.25) is 24.3 Å². The van der Waals surface area contributed by atoms with E-state index in [1.807, 2.05) is 36.4 Å². The van der Waals surface area contributed by atoms with Gasteiger partial charge in [0.05, 0.1) is 5.02 Å². The predicted molar refractivity (Wildman–Crippen MR) is 135 cm³/mol. The molecule has 0 aliphatic carbocycles. The second kappa shape index (κ2) is 10.3. The van der Waals surface area contributed by atoms with Crippen LogP contribution in [0.5, 0.6) is 5.75 Å². The van der Waals surface area contributed by atoms with Gasteiger partial charge in [-0.2, -0.15) is 0 Å². The van der Waals surface area contributed by atoms with Gasteiger partial charge in [-0.25, -0.2) is 0 Å². The Bertz CT molecular complexity index is 1190. The van der Waals surface area contributed by atoms with Crippen molar-refractivity contribution in [3.63, 3.8) is 0 Å². The first-order chi connectivity index (χ1) is 17.0. The maximum absolute atomic E-state index is 13.1. The molecule has 1 saturated heterocycles. The molecule has 1 atom stereocenters. The van der Waals surface area contributed by atoms with E-state index in [0.717, 1.165) is 37.0 Å². The first-order valence-electron chi connectivity index (χ1n) is 11.9. The Kier molecular flexibility index (Phi) is 7.02. The molecular weight excluding hydrogens is 466 g/mol. The van der Waals surface area contributed by atoms with E-state index in [2.05, 4.69) is 9.80 Å². The Hall–Kier alpha value is -2.97. The summed E-state index contributed by atoms with van der Waals surface area (Å²) in [5, 5.41) is 12.6. The Balaban J connectivity index is 1.10. The second-order valence-electron chi connectivity index (χ2n) is 9.01. The summed E-state index contributed by atoms with van der Waals surface area (Å²) in [5.41, 5.74) is 1.19. The Morgan fingerprint density at radius 3 is 2.11 bits per heavy atom. The van der Waals surface area contributed by atoms with E-state index in [9.17, 15) is 14.7 Å². The van der Waals surface area contributed by atoms with E-state index in [1.54, 1.807) is 24.3 Å². The van der Waals surface area contributed by atoms with Crippen molar-refractivity contribution in [2.75, 3.05) is 52.4 Å². The number of nitrogens with zero attached hydrogens (tertiary/aromatic N) is 3. The zero-order valence-electron chi connectivity index (χ0n) is 19.4. The molecule has 7 nitrogen and oxygen atoms in total. The summed E-state index contributed by atoms with van der Waals surface area (Å²) < 4.78 is 5.64. The fourth-order valence-electron chi connectivity index (χ4n) is 4.82. The monoisotopic (exact) mass is 493 g/mol. The number of amides is 2. The molecule has 0 aromatic heterocycles. The summed E-state index contributed by atoms with van der Waals surface area (Å²) in [6.45, 7) is 4.89. The topological polar surface area (TPSA) is 73.3 Å². The number of β-amino-alcohol motifs (C(OH)–C–C–N with tert-alkyl or cyclic N) is 1. The number of piperazine rings is 1. The summed E-state index contributed by atoms with van der Waals surface area (Å²) in [4.78, 5) is 32.0. The number of para-hydroxylation sites is 1. The lowest BCUT2D eigenvalue weighted by Gasteiger charge is -2.36. The van der Waals surface area contributed by atoms with Crippen molar-refractivity contribution in [2.45, 2.75) is 6.10 Å². The highest BCUT2D eigenvalue weighted by atomic mass is 35.5. The van der Waals surface area contributed by atoms with E-state index >= 15 is 0 Å². The summed E-state index contributed by atoms with van der Waals surface area (Å²) in [7, 11) is 0. The van der Waals surface area contributed by atoms with Crippen LogP contribution >= 0.6 is 11.6 Å². The van der Waals surface area contributed by atoms with Gasteiger partial charge < -0.3 is 9.84 Å². The largest absolute Gasteiger partial charge is 0.489 e. The van der Waals surface area contributed by atoms with Crippen molar-refractivity contribution >= 4 is 34.2 Å². The van der Waals surface area contributed by atoms with E-state index in [0.29, 0.717) is 41.5 Å². The Labute approximate surface area is 209 Å². The molecule has 182 valence electrons. The first-order valence-corrected chi connectivity index (χ1v) is 12.3. The maximum Gasteiger partial charge on any atom is 0.261 e. The standard InChI is InChI=1S/C27H28ClN3O4/c28-23-9-1-2-10-24(23)35-18-20(32)17-30-13-11-29(12-14-30)15-16-31-26(33)21-7-3-5-19-6-4-8-22(25(19)21)27(31)34/h1-10,20,32H,11-18H2. The van der Waals surface area contributed by atoms with Gasteiger partial charge in [0.2, 0.25) is 0 Å². The predicted octanol–water partition coefficient (Wildman–Crippen LogP) is 3.15. The molecule has 2 aliphatic rings. The van der Waals surface area contributed by atoms with E-state index in [-0.39, 0.29) is 18.4 Å². The number of aliphatic hydroxyl groups is 1. The fraction of sp³-hybridized carbons (Fsp3) is 0.333. The highest BCUT2D eigenvalue weighted by Gasteiger charge is 2.33. The molecule has 1 N–H and O–H groups in total. The number of hydrogen-bond acceptors (Lipinski definition) is 6. The average molecular weight is 494 g/mol. The number of rotatable bonds is 8. The first kappa shape index (κ1) is 23.8. The van der Waals surface area contributed by atoms with E-state index in [4.69, 9.17) is 16.3 Å². The minimum atomic E-state index is -0.621. The maximum atomic E-state index is 13.1. The molecule has 0 saturated carbocycles. The fourth-order valence-corrected chi connectivity index (χ4v) is 5.01. The number of carbonyl (C=O) groups is 2. The number of halogens is 1. The van der Waals surface area contributed by atoms with Gasteiger partial charge in [0.1, 0.15) is 18.5 Å². The minimum absolute atomic E-state index is 0.178. The Morgan fingerprint density at radius 2 is 1.46 bits per heavy atom. The third kappa shape index (κ3) is 5.04. The SMILES string of the molecule is O=C1c2cccc3cccc(c23)C(=O)N1CCN1CCN(CC(O)COc2ccccc2Cl)CC1. The number of ether oxygens (including phenoxy) is 1. The van der Waals surface area contributed by atoms with Crippen LogP contribution in [0, 0.1) is 0 Å².